The third-order valence-corrected chi connectivity index (χ3v) is 2.91. The summed E-state index contributed by atoms with van der Waals surface area (Å²) < 4.78 is 5.19. The maximum Gasteiger partial charge on any atom is 0.309 e. The number of hydrogen-bond donors (Lipinski definition) is 2. The summed E-state index contributed by atoms with van der Waals surface area (Å²) in [6, 6.07) is 8.25. The number of carbonyl (C=O) groups is 1. The van der Waals surface area contributed by atoms with Crippen LogP contribution in [0.25, 0.3) is 11.3 Å². The quantitative estimate of drug-likeness (QED) is 0.884. The van der Waals surface area contributed by atoms with Gasteiger partial charge in [0.1, 0.15) is 5.75 Å². The standard InChI is InChI=1S/C14H15NO4/c1-14(2,13(17)18)8-10-7-12(19-15-10)9-3-5-11(16)6-4-9/h3-7,16H,8H2,1-2H3,(H,17,18). The van der Waals surface area contributed by atoms with Crippen molar-refractivity contribution in [3.05, 3.63) is 36.0 Å². The van der Waals surface area contributed by atoms with Crippen molar-refractivity contribution in [2.45, 2.75) is 20.3 Å². The second kappa shape index (κ2) is 4.76. The SMILES string of the molecule is CC(C)(Cc1cc(-c2ccc(O)cc2)on1)C(=O)O. The van der Waals surface area contributed by atoms with Crippen LogP contribution in [0.15, 0.2) is 34.9 Å². The molecule has 0 saturated heterocycles. The molecular formula is C14H15NO4. The first-order valence-electron chi connectivity index (χ1n) is 5.87. The monoisotopic (exact) mass is 261 g/mol. The molecule has 0 amide bonds. The van der Waals surface area contributed by atoms with Gasteiger partial charge in [-0.2, -0.15) is 0 Å². The summed E-state index contributed by atoms with van der Waals surface area (Å²) in [4.78, 5) is 11.1. The van der Waals surface area contributed by atoms with Gasteiger partial charge in [0.25, 0.3) is 0 Å². The summed E-state index contributed by atoms with van der Waals surface area (Å²) in [5.74, 6) is -0.145. The number of carboxylic acid groups (broad SMARTS) is 1. The third-order valence-electron chi connectivity index (χ3n) is 2.91. The average molecular weight is 261 g/mol. The summed E-state index contributed by atoms with van der Waals surface area (Å²) in [5, 5.41) is 22.2. The van der Waals surface area contributed by atoms with E-state index in [1.165, 1.54) is 0 Å². The van der Waals surface area contributed by atoms with Crippen LogP contribution in [-0.2, 0) is 11.2 Å². The molecule has 0 radical (unpaired) electrons. The molecule has 0 aliphatic rings. The lowest BCUT2D eigenvalue weighted by atomic mass is 9.88. The van der Waals surface area contributed by atoms with E-state index in [4.69, 9.17) is 9.63 Å². The minimum atomic E-state index is -0.886. The second-order valence-corrected chi connectivity index (χ2v) is 5.10. The maximum atomic E-state index is 11.1. The van der Waals surface area contributed by atoms with Crippen LogP contribution in [0.3, 0.4) is 0 Å². The highest BCUT2D eigenvalue weighted by Crippen LogP contribution is 2.26. The van der Waals surface area contributed by atoms with Crippen LogP contribution in [0.5, 0.6) is 5.75 Å². The molecule has 1 aromatic carbocycles. The molecule has 1 heterocycles. The Morgan fingerprint density at radius 3 is 2.53 bits per heavy atom. The first kappa shape index (κ1) is 13.1. The molecule has 2 aromatic rings. The minimum Gasteiger partial charge on any atom is -0.508 e. The molecule has 2 rings (SSSR count). The predicted octanol–water partition coefficient (Wildman–Crippen LogP) is 2.70. The summed E-state index contributed by atoms with van der Waals surface area (Å²) in [5.41, 5.74) is 0.489. The van der Waals surface area contributed by atoms with Gasteiger partial charge in [0.15, 0.2) is 5.76 Å². The first-order valence-corrected chi connectivity index (χ1v) is 5.87. The molecule has 1 aromatic heterocycles. The van der Waals surface area contributed by atoms with Crippen molar-refractivity contribution in [3.63, 3.8) is 0 Å². The van der Waals surface area contributed by atoms with Gasteiger partial charge in [0, 0.05) is 18.1 Å². The molecule has 0 bridgehead atoms. The minimum absolute atomic E-state index is 0.176. The zero-order chi connectivity index (χ0) is 14.0. The number of aromatic nitrogens is 1. The van der Waals surface area contributed by atoms with Gasteiger partial charge in [0.2, 0.25) is 0 Å². The van der Waals surface area contributed by atoms with Gasteiger partial charge in [-0.3, -0.25) is 4.79 Å². The molecule has 0 atom stereocenters. The van der Waals surface area contributed by atoms with Crippen LogP contribution in [0.4, 0.5) is 0 Å². The van der Waals surface area contributed by atoms with E-state index in [9.17, 15) is 9.90 Å². The fourth-order valence-corrected chi connectivity index (χ4v) is 1.69. The summed E-state index contributed by atoms with van der Waals surface area (Å²) >= 11 is 0. The number of hydrogen-bond acceptors (Lipinski definition) is 4. The zero-order valence-corrected chi connectivity index (χ0v) is 10.8. The number of benzene rings is 1. The molecule has 2 N–H and O–H groups in total. The molecule has 5 nitrogen and oxygen atoms in total. The van der Waals surface area contributed by atoms with Crippen molar-refractivity contribution in [3.8, 4) is 17.1 Å². The topological polar surface area (TPSA) is 83.6 Å². The molecule has 19 heavy (non-hydrogen) atoms. The van der Waals surface area contributed by atoms with Gasteiger partial charge in [-0.1, -0.05) is 5.16 Å². The van der Waals surface area contributed by atoms with Crippen LogP contribution in [0.2, 0.25) is 0 Å². The lowest BCUT2D eigenvalue weighted by molar-refractivity contribution is -0.146. The molecule has 0 aliphatic carbocycles. The van der Waals surface area contributed by atoms with Gasteiger partial charge in [0.05, 0.1) is 11.1 Å². The molecule has 0 unspecified atom stereocenters. The summed E-state index contributed by atoms with van der Waals surface area (Å²) in [6.45, 7) is 3.29. The molecule has 0 fully saturated rings. The van der Waals surface area contributed by atoms with Crippen molar-refractivity contribution in [1.29, 1.82) is 0 Å². The number of nitrogens with zero attached hydrogens (tertiary/aromatic N) is 1. The van der Waals surface area contributed by atoms with E-state index in [1.54, 1.807) is 44.2 Å². The Hall–Kier alpha value is -2.30. The Morgan fingerprint density at radius 1 is 1.32 bits per heavy atom. The number of carboxylic acids is 1. The Kier molecular flexibility index (Phi) is 3.29. The maximum absolute atomic E-state index is 11.1. The lowest BCUT2D eigenvalue weighted by Gasteiger charge is -2.16. The Bertz CT molecular complexity index is 584. The van der Waals surface area contributed by atoms with E-state index in [1.807, 2.05) is 0 Å². The van der Waals surface area contributed by atoms with Crippen LogP contribution < -0.4 is 0 Å². The lowest BCUT2D eigenvalue weighted by Crippen LogP contribution is -2.26. The molecule has 100 valence electrons. The van der Waals surface area contributed by atoms with E-state index >= 15 is 0 Å². The number of aliphatic carboxylic acids is 1. The van der Waals surface area contributed by atoms with Crippen molar-refractivity contribution in [2.75, 3.05) is 0 Å². The van der Waals surface area contributed by atoms with Crippen LogP contribution in [0.1, 0.15) is 19.5 Å². The van der Waals surface area contributed by atoms with Crippen LogP contribution in [-0.4, -0.2) is 21.3 Å². The highest BCUT2D eigenvalue weighted by atomic mass is 16.5. The Labute approximate surface area is 110 Å². The van der Waals surface area contributed by atoms with E-state index in [0.29, 0.717) is 17.9 Å². The summed E-state index contributed by atoms with van der Waals surface area (Å²) in [6.07, 6.45) is 0.296. The fraction of sp³-hybridized carbons (Fsp3) is 0.286. The van der Waals surface area contributed by atoms with E-state index in [2.05, 4.69) is 5.16 Å². The first-order chi connectivity index (χ1) is 8.88. The number of aromatic hydroxyl groups is 1. The second-order valence-electron chi connectivity index (χ2n) is 5.10. The highest BCUT2D eigenvalue weighted by Gasteiger charge is 2.28. The third kappa shape index (κ3) is 2.93. The predicted molar refractivity (Wildman–Crippen MR) is 68.7 cm³/mol. The smallest absolute Gasteiger partial charge is 0.309 e. The number of phenols is 1. The Morgan fingerprint density at radius 2 is 1.95 bits per heavy atom. The van der Waals surface area contributed by atoms with E-state index in [0.717, 1.165) is 5.56 Å². The molecule has 0 aliphatic heterocycles. The zero-order valence-electron chi connectivity index (χ0n) is 10.8. The van der Waals surface area contributed by atoms with Crippen molar-refractivity contribution >= 4 is 5.97 Å². The van der Waals surface area contributed by atoms with Gasteiger partial charge in [-0.05, 0) is 38.1 Å². The Balaban J connectivity index is 2.20. The van der Waals surface area contributed by atoms with Gasteiger partial charge >= 0.3 is 5.97 Å². The van der Waals surface area contributed by atoms with Crippen molar-refractivity contribution < 1.29 is 19.5 Å². The van der Waals surface area contributed by atoms with Crippen LogP contribution >= 0.6 is 0 Å². The van der Waals surface area contributed by atoms with Crippen molar-refractivity contribution in [1.82, 2.24) is 5.16 Å². The molecular weight excluding hydrogens is 246 g/mol. The summed E-state index contributed by atoms with van der Waals surface area (Å²) in [7, 11) is 0. The van der Waals surface area contributed by atoms with E-state index < -0.39 is 11.4 Å². The number of rotatable bonds is 4. The number of phenolic OH excluding ortho intramolecular Hbond substituents is 1. The largest absolute Gasteiger partial charge is 0.508 e. The van der Waals surface area contributed by atoms with E-state index in [-0.39, 0.29) is 5.75 Å². The molecule has 0 saturated carbocycles. The van der Waals surface area contributed by atoms with Crippen molar-refractivity contribution in [2.24, 2.45) is 5.41 Å². The fourth-order valence-electron chi connectivity index (χ4n) is 1.69. The highest BCUT2D eigenvalue weighted by molar-refractivity contribution is 5.74. The molecule has 0 spiro atoms. The van der Waals surface area contributed by atoms with Crippen LogP contribution in [0, 0.1) is 5.41 Å². The molecule has 5 heteroatoms. The van der Waals surface area contributed by atoms with Gasteiger partial charge in [-0.25, -0.2) is 0 Å². The average Bonchev–Trinajstić information content (AvgIpc) is 2.77. The van der Waals surface area contributed by atoms with Gasteiger partial charge < -0.3 is 14.7 Å². The normalized spacial score (nSPS) is 11.5. The van der Waals surface area contributed by atoms with Gasteiger partial charge in [-0.15, -0.1) is 0 Å².